The number of ether oxygens (including phenoxy) is 1. The van der Waals surface area contributed by atoms with E-state index in [2.05, 4.69) is 41.1 Å². The van der Waals surface area contributed by atoms with Gasteiger partial charge in [0.05, 0.1) is 0 Å². The first-order valence-corrected chi connectivity index (χ1v) is 6.87. The Bertz CT molecular complexity index is 608. The lowest BCUT2D eigenvalue weighted by Gasteiger charge is -2.19. The van der Waals surface area contributed by atoms with Gasteiger partial charge in [0, 0.05) is 24.8 Å². The molecule has 0 aliphatic rings. The highest BCUT2D eigenvalue weighted by molar-refractivity contribution is 5.80. The molecule has 1 heterocycles. The molecule has 1 amide bonds. The largest absolute Gasteiger partial charge is 0.444 e. The molecule has 20 heavy (non-hydrogen) atoms. The summed E-state index contributed by atoms with van der Waals surface area (Å²) in [6.45, 7) is 8.93. The molecule has 0 fully saturated rings. The summed E-state index contributed by atoms with van der Waals surface area (Å²) in [5, 5.41) is 4.00. The minimum Gasteiger partial charge on any atom is -0.444 e. The van der Waals surface area contributed by atoms with Gasteiger partial charge < -0.3 is 14.6 Å². The zero-order valence-corrected chi connectivity index (χ0v) is 12.6. The van der Waals surface area contributed by atoms with E-state index in [0.717, 1.165) is 6.54 Å². The third kappa shape index (κ3) is 3.76. The predicted octanol–water partition coefficient (Wildman–Crippen LogP) is 3.47. The first-order chi connectivity index (χ1) is 9.35. The van der Waals surface area contributed by atoms with Crippen molar-refractivity contribution in [1.82, 2.24) is 9.88 Å². The molecule has 1 aromatic carbocycles. The molecular formula is C16H22N2O2. The summed E-state index contributed by atoms with van der Waals surface area (Å²) in [7, 11) is 0. The van der Waals surface area contributed by atoms with Crippen molar-refractivity contribution in [3.05, 3.63) is 36.0 Å². The number of alkyl carbamates (subject to hydrolysis) is 1. The molecule has 0 radical (unpaired) electrons. The second kappa shape index (κ2) is 5.57. The number of rotatable bonds is 3. The van der Waals surface area contributed by atoms with E-state index in [9.17, 15) is 4.79 Å². The quantitative estimate of drug-likeness (QED) is 0.931. The second-order valence-electron chi connectivity index (χ2n) is 6.00. The molecule has 0 saturated heterocycles. The van der Waals surface area contributed by atoms with Crippen LogP contribution in [-0.2, 0) is 11.3 Å². The van der Waals surface area contributed by atoms with Gasteiger partial charge in [-0.15, -0.1) is 0 Å². The Morgan fingerprint density at radius 3 is 2.75 bits per heavy atom. The fraction of sp³-hybridized carbons (Fsp3) is 0.438. The van der Waals surface area contributed by atoms with E-state index in [1.807, 2.05) is 27.0 Å². The van der Waals surface area contributed by atoms with Gasteiger partial charge in [0.15, 0.2) is 0 Å². The third-order valence-corrected chi connectivity index (χ3v) is 2.95. The summed E-state index contributed by atoms with van der Waals surface area (Å²) in [6.07, 6.45) is 1.67. The SMILES string of the molecule is Cc1ccc2c(ccn2CCNC(=O)OC(C)(C)C)c1. The van der Waals surface area contributed by atoms with Crippen LogP contribution in [0.3, 0.4) is 0 Å². The molecule has 0 saturated carbocycles. The average Bonchev–Trinajstić information content (AvgIpc) is 2.69. The number of aryl methyl sites for hydroxylation is 1. The first-order valence-electron chi connectivity index (χ1n) is 6.87. The third-order valence-electron chi connectivity index (χ3n) is 2.95. The predicted molar refractivity (Wildman–Crippen MR) is 80.9 cm³/mol. The number of carbonyl (C=O) groups is 1. The van der Waals surface area contributed by atoms with Crippen LogP contribution in [0.25, 0.3) is 10.9 Å². The van der Waals surface area contributed by atoms with Crippen LogP contribution in [-0.4, -0.2) is 22.8 Å². The fourth-order valence-corrected chi connectivity index (χ4v) is 2.11. The summed E-state index contributed by atoms with van der Waals surface area (Å²) in [5.74, 6) is 0. The molecular weight excluding hydrogens is 252 g/mol. The van der Waals surface area contributed by atoms with E-state index < -0.39 is 5.60 Å². The van der Waals surface area contributed by atoms with Crippen LogP contribution in [0.2, 0.25) is 0 Å². The van der Waals surface area contributed by atoms with Crippen LogP contribution in [0, 0.1) is 6.92 Å². The lowest BCUT2D eigenvalue weighted by molar-refractivity contribution is 0.0526. The molecule has 0 aliphatic heterocycles. The van der Waals surface area contributed by atoms with Crippen LogP contribution < -0.4 is 5.32 Å². The van der Waals surface area contributed by atoms with Crippen molar-refractivity contribution in [3.8, 4) is 0 Å². The van der Waals surface area contributed by atoms with Crippen molar-refractivity contribution in [2.45, 2.75) is 39.8 Å². The number of nitrogens with zero attached hydrogens (tertiary/aromatic N) is 1. The van der Waals surface area contributed by atoms with E-state index in [1.54, 1.807) is 0 Å². The molecule has 0 unspecified atom stereocenters. The van der Waals surface area contributed by atoms with E-state index in [1.165, 1.54) is 16.5 Å². The smallest absolute Gasteiger partial charge is 0.407 e. The molecule has 0 spiro atoms. The zero-order chi connectivity index (χ0) is 14.8. The maximum atomic E-state index is 11.6. The molecule has 2 rings (SSSR count). The van der Waals surface area contributed by atoms with Gasteiger partial charge in [-0.25, -0.2) is 4.79 Å². The fourth-order valence-electron chi connectivity index (χ4n) is 2.11. The number of aromatic nitrogens is 1. The Balaban J connectivity index is 1.92. The molecule has 0 atom stereocenters. The van der Waals surface area contributed by atoms with Gasteiger partial charge in [0.1, 0.15) is 5.60 Å². The number of amides is 1. The minimum atomic E-state index is -0.457. The lowest BCUT2D eigenvalue weighted by atomic mass is 10.2. The van der Waals surface area contributed by atoms with Crippen LogP contribution in [0.5, 0.6) is 0 Å². The molecule has 0 aliphatic carbocycles. The van der Waals surface area contributed by atoms with Crippen molar-refractivity contribution < 1.29 is 9.53 Å². The number of carbonyl (C=O) groups excluding carboxylic acids is 1. The zero-order valence-electron chi connectivity index (χ0n) is 12.6. The Morgan fingerprint density at radius 2 is 2.05 bits per heavy atom. The standard InChI is InChI=1S/C16H22N2O2/c1-12-5-6-14-13(11-12)7-9-18(14)10-8-17-15(19)20-16(2,3)4/h5-7,9,11H,8,10H2,1-4H3,(H,17,19). The highest BCUT2D eigenvalue weighted by Gasteiger charge is 2.15. The van der Waals surface area contributed by atoms with Crippen molar-refractivity contribution in [1.29, 1.82) is 0 Å². The summed E-state index contributed by atoms with van der Waals surface area (Å²) < 4.78 is 7.33. The van der Waals surface area contributed by atoms with Crippen molar-refractivity contribution >= 4 is 17.0 Å². The summed E-state index contributed by atoms with van der Waals surface area (Å²) in [5.41, 5.74) is 1.98. The molecule has 4 nitrogen and oxygen atoms in total. The maximum Gasteiger partial charge on any atom is 0.407 e. The Labute approximate surface area is 119 Å². The summed E-state index contributed by atoms with van der Waals surface area (Å²) in [4.78, 5) is 11.6. The van der Waals surface area contributed by atoms with Gasteiger partial charge in [-0.2, -0.15) is 0 Å². The van der Waals surface area contributed by atoms with E-state index in [4.69, 9.17) is 4.74 Å². The summed E-state index contributed by atoms with van der Waals surface area (Å²) in [6, 6.07) is 8.46. The number of benzene rings is 1. The Morgan fingerprint density at radius 1 is 1.30 bits per heavy atom. The summed E-state index contributed by atoms with van der Waals surface area (Å²) >= 11 is 0. The van der Waals surface area contributed by atoms with Gasteiger partial charge in [-0.1, -0.05) is 11.6 Å². The van der Waals surface area contributed by atoms with E-state index >= 15 is 0 Å². The highest BCUT2D eigenvalue weighted by atomic mass is 16.6. The van der Waals surface area contributed by atoms with Crippen molar-refractivity contribution in [3.63, 3.8) is 0 Å². The van der Waals surface area contributed by atoms with Gasteiger partial charge in [-0.05, 0) is 51.3 Å². The molecule has 108 valence electrons. The maximum absolute atomic E-state index is 11.6. The van der Waals surface area contributed by atoms with E-state index in [0.29, 0.717) is 6.54 Å². The van der Waals surface area contributed by atoms with Gasteiger partial charge >= 0.3 is 6.09 Å². The normalized spacial score (nSPS) is 11.6. The van der Waals surface area contributed by atoms with Crippen LogP contribution >= 0.6 is 0 Å². The Hall–Kier alpha value is -1.97. The first kappa shape index (κ1) is 14.4. The highest BCUT2D eigenvalue weighted by Crippen LogP contribution is 2.17. The number of hydrogen-bond acceptors (Lipinski definition) is 2. The average molecular weight is 274 g/mol. The molecule has 1 aromatic heterocycles. The number of nitrogens with one attached hydrogen (secondary N) is 1. The van der Waals surface area contributed by atoms with Crippen molar-refractivity contribution in [2.24, 2.45) is 0 Å². The molecule has 0 bridgehead atoms. The van der Waals surface area contributed by atoms with Crippen LogP contribution in [0.1, 0.15) is 26.3 Å². The van der Waals surface area contributed by atoms with Crippen LogP contribution in [0.4, 0.5) is 4.79 Å². The second-order valence-corrected chi connectivity index (χ2v) is 6.00. The van der Waals surface area contributed by atoms with Gasteiger partial charge in [0.2, 0.25) is 0 Å². The number of fused-ring (bicyclic) bond motifs is 1. The lowest BCUT2D eigenvalue weighted by Crippen LogP contribution is -2.34. The van der Waals surface area contributed by atoms with Gasteiger partial charge in [-0.3, -0.25) is 0 Å². The molecule has 4 heteroatoms. The van der Waals surface area contributed by atoms with Gasteiger partial charge in [0.25, 0.3) is 0 Å². The topological polar surface area (TPSA) is 43.3 Å². The van der Waals surface area contributed by atoms with Crippen molar-refractivity contribution in [2.75, 3.05) is 6.54 Å². The monoisotopic (exact) mass is 274 g/mol. The number of hydrogen-bond donors (Lipinski definition) is 1. The molecule has 2 aromatic rings. The minimum absolute atomic E-state index is 0.371. The Kier molecular flexibility index (Phi) is 4.02. The molecule has 1 N–H and O–H groups in total. The van der Waals surface area contributed by atoms with Crippen LogP contribution in [0.15, 0.2) is 30.5 Å². The van der Waals surface area contributed by atoms with E-state index in [-0.39, 0.29) is 6.09 Å².